The summed E-state index contributed by atoms with van der Waals surface area (Å²) in [4.78, 5) is 21.1. The van der Waals surface area contributed by atoms with Crippen molar-refractivity contribution in [1.82, 2.24) is 25.1 Å². The number of halogens is 6. The van der Waals surface area contributed by atoms with Gasteiger partial charge in [-0.05, 0) is 31.2 Å². The molecule has 176 valence electrons. The molecule has 0 fully saturated rings. The van der Waals surface area contributed by atoms with Crippen LogP contribution in [0.3, 0.4) is 0 Å². The van der Waals surface area contributed by atoms with E-state index in [1.807, 2.05) is 6.07 Å². The Morgan fingerprint density at radius 3 is 2.41 bits per heavy atom. The third-order valence-electron chi connectivity index (χ3n) is 4.95. The smallest absolute Gasteiger partial charge is 0.345 e. The molecule has 2 aromatic carbocycles. The average molecular weight is 479 g/mol. The van der Waals surface area contributed by atoms with Crippen molar-refractivity contribution in [3.05, 3.63) is 83.1 Å². The van der Waals surface area contributed by atoms with Gasteiger partial charge >= 0.3 is 12.4 Å². The Balaban J connectivity index is 1.65. The van der Waals surface area contributed by atoms with E-state index in [0.717, 1.165) is 23.6 Å². The lowest BCUT2D eigenvalue weighted by Crippen LogP contribution is -2.27. The van der Waals surface area contributed by atoms with Gasteiger partial charge in [0.25, 0.3) is 5.91 Å². The van der Waals surface area contributed by atoms with E-state index in [4.69, 9.17) is 0 Å². The number of amides is 1. The molecule has 0 spiro atoms. The van der Waals surface area contributed by atoms with Crippen LogP contribution in [0.5, 0.6) is 0 Å². The fourth-order valence-electron chi connectivity index (χ4n) is 3.43. The second-order valence-electron chi connectivity index (χ2n) is 7.29. The minimum absolute atomic E-state index is 0.184. The van der Waals surface area contributed by atoms with Crippen molar-refractivity contribution in [2.24, 2.45) is 0 Å². The number of hydrogen-bond donors (Lipinski definition) is 1. The molecule has 0 saturated heterocycles. The maximum Gasteiger partial charge on any atom is 0.434 e. The zero-order chi connectivity index (χ0) is 24.7. The Morgan fingerprint density at radius 2 is 1.71 bits per heavy atom. The molecular weight excluding hydrogens is 464 g/mol. The summed E-state index contributed by atoms with van der Waals surface area (Å²) < 4.78 is 80.8. The van der Waals surface area contributed by atoms with Crippen LogP contribution in [0.25, 0.3) is 16.6 Å². The summed E-state index contributed by atoms with van der Waals surface area (Å²) in [5, 5.41) is 6.66. The largest absolute Gasteiger partial charge is 0.434 e. The number of hydrogen-bond acceptors (Lipinski definition) is 4. The fraction of sp³-hybridized carbons (Fsp3) is 0.182. The van der Waals surface area contributed by atoms with Gasteiger partial charge in [-0.25, -0.2) is 14.6 Å². The van der Waals surface area contributed by atoms with Crippen molar-refractivity contribution in [2.45, 2.75) is 25.8 Å². The highest BCUT2D eigenvalue weighted by Crippen LogP contribution is 2.35. The van der Waals surface area contributed by atoms with Crippen molar-refractivity contribution in [3.8, 4) is 5.69 Å². The number of alkyl halides is 6. The monoisotopic (exact) mass is 479 g/mol. The van der Waals surface area contributed by atoms with Crippen LogP contribution >= 0.6 is 0 Å². The molecule has 0 atom stereocenters. The minimum atomic E-state index is -5.08. The summed E-state index contributed by atoms with van der Waals surface area (Å²) in [5.41, 5.74) is -2.75. The van der Waals surface area contributed by atoms with Crippen molar-refractivity contribution in [3.63, 3.8) is 0 Å². The molecule has 1 N–H and O–H groups in total. The summed E-state index contributed by atoms with van der Waals surface area (Å²) in [6.07, 6.45) is -9.18. The number of nitrogens with one attached hydrogen (secondary N) is 1. The Morgan fingerprint density at radius 1 is 0.971 bits per heavy atom. The van der Waals surface area contributed by atoms with Gasteiger partial charge in [0.1, 0.15) is 5.82 Å². The molecule has 34 heavy (non-hydrogen) atoms. The zero-order valence-electron chi connectivity index (χ0n) is 17.4. The van der Waals surface area contributed by atoms with Gasteiger partial charge in [0, 0.05) is 11.1 Å². The summed E-state index contributed by atoms with van der Waals surface area (Å²) in [5.74, 6) is -0.941. The van der Waals surface area contributed by atoms with Gasteiger partial charge in [0.2, 0.25) is 0 Å². The Kier molecular flexibility index (Phi) is 5.75. The fourth-order valence-corrected chi connectivity index (χ4v) is 3.43. The van der Waals surface area contributed by atoms with Crippen molar-refractivity contribution < 1.29 is 31.1 Å². The number of rotatable bonds is 4. The molecule has 2 heterocycles. The van der Waals surface area contributed by atoms with Crippen molar-refractivity contribution >= 4 is 16.8 Å². The lowest BCUT2D eigenvalue weighted by atomic mass is 10.1. The summed E-state index contributed by atoms with van der Waals surface area (Å²) in [6.45, 7) is 1.47. The predicted molar refractivity (Wildman–Crippen MR) is 109 cm³/mol. The first kappa shape index (κ1) is 23.2. The molecule has 12 heteroatoms. The van der Waals surface area contributed by atoms with Gasteiger partial charge < -0.3 is 5.32 Å². The Hall–Kier alpha value is -3.96. The highest BCUT2D eigenvalue weighted by Gasteiger charge is 2.41. The lowest BCUT2D eigenvalue weighted by Gasteiger charge is -2.14. The molecule has 2 aromatic heterocycles. The van der Waals surface area contributed by atoms with E-state index in [0.29, 0.717) is 23.5 Å². The SMILES string of the molecule is Cc1nc(CNC(=O)c2cnn(-c3cccc(C(F)(F)F)c3)c2C(F)(F)F)nc2ccccc12. The van der Waals surface area contributed by atoms with Gasteiger partial charge in [-0.3, -0.25) is 4.79 Å². The summed E-state index contributed by atoms with van der Waals surface area (Å²) in [6, 6.07) is 10.3. The quantitative estimate of drug-likeness (QED) is 0.414. The van der Waals surface area contributed by atoms with Gasteiger partial charge in [-0.1, -0.05) is 24.3 Å². The van der Waals surface area contributed by atoms with Crippen LogP contribution in [-0.4, -0.2) is 25.7 Å². The number of fused-ring (bicyclic) bond motifs is 1. The number of para-hydroxylation sites is 1. The van der Waals surface area contributed by atoms with E-state index in [1.54, 1.807) is 25.1 Å². The molecule has 0 bridgehead atoms. The number of aromatic nitrogens is 4. The van der Waals surface area contributed by atoms with Gasteiger partial charge in [-0.2, -0.15) is 31.4 Å². The maximum absolute atomic E-state index is 13.8. The van der Waals surface area contributed by atoms with Crippen LogP contribution in [-0.2, 0) is 18.9 Å². The first-order chi connectivity index (χ1) is 15.9. The molecule has 0 aliphatic rings. The van der Waals surface area contributed by atoms with Crippen molar-refractivity contribution in [2.75, 3.05) is 0 Å². The van der Waals surface area contributed by atoms with E-state index in [-0.39, 0.29) is 17.1 Å². The molecule has 4 rings (SSSR count). The van der Waals surface area contributed by atoms with Crippen LogP contribution in [0, 0.1) is 6.92 Å². The Bertz CT molecular complexity index is 1380. The summed E-state index contributed by atoms with van der Waals surface area (Å²) >= 11 is 0. The number of carbonyl (C=O) groups excluding carboxylic acids is 1. The van der Waals surface area contributed by atoms with Crippen LogP contribution in [0.15, 0.2) is 54.7 Å². The number of carbonyl (C=O) groups is 1. The molecule has 6 nitrogen and oxygen atoms in total. The molecular formula is C22H15F6N5O. The topological polar surface area (TPSA) is 72.7 Å². The van der Waals surface area contributed by atoms with E-state index in [2.05, 4.69) is 20.4 Å². The number of benzene rings is 2. The second-order valence-corrected chi connectivity index (χ2v) is 7.29. The molecule has 0 saturated carbocycles. The second kappa shape index (κ2) is 8.43. The van der Waals surface area contributed by atoms with E-state index >= 15 is 0 Å². The zero-order valence-corrected chi connectivity index (χ0v) is 17.4. The average Bonchev–Trinajstić information content (AvgIpc) is 3.23. The third-order valence-corrected chi connectivity index (χ3v) is 4.95. The molecule has 4 aromatic rings. The van der Waals surface area contributed by atoms with E-state index < -0.39 is 40.8 Å². The summed E-state index contributed by atoms with van der Waals surface area (Å²) in [7, 11) is 0. The first-order valence-corrected chi connectivity index (χ1v) is 9.78. The van der Waals surface area contributed by atoms with E-state index in [9.17, 15) is 31.1 Å². The van der Waals surface area contributed by atoms with Gasteiger partial charge in [-0.15, -0.1) is 0 Å². The van der Waals surface area contributed by atoms with E-state index in [1.165, 1.54) is 0 Å². The van der Waals surface area contributed by atoms with Crippen LogP contribution < -0.4 is 5.32 Å². The molecule has 1 amide bonds. The predicted octanol–water partition coefficient (Wildman–Crippen LogP) is 5.09. The van der Waals surface area contributed by atoms with Gasteiger partial charge in [0.05, 0.1) is 35.1 Å². The molecule has 0 aliphatic carbocycles. The molecule has 0 unspecified atom stereocenters. The van der Waals surface area contributed by atoms with Crippen LogP contribution in [0.4, 0.5) is 26.3 Å². The maximum atomic E-state index is 13.8. The van der Waals surface area contributed by atoms with Crippen LogP contribution in [0.2, 0.25) is 0 Å². The Labute approximate surface area is 188 Å². The highest BCUT2D eigenvalue weighted by atomic mass is 19.4. The molecule has 0 radical (unpaired) electrons. The normalized spacial score (nSPS) is 12.2. The lowest BCUT2D eigenvalue weighted by molar-refractivity contribution is -0.143. The third kappa shape index (κ3) is 4.56. The number of nitrogens with zero attached hydrogens (tertiary/aromatic N) is 4. The standard InChI is InChI=1S/C22H15F6N5O/c1-12-15-7-2-3-8-17(15)32-18(31-12)11-29-20(34)16-10-30-33(19(16)22(26,27)28)14-6-4-5-13(9-14)21(23,24)25/h2-10H,11H2,1H3,(H,29,34). The molecule has 0 aliphatic heterocycles. The number of aryl methyl sites for hydroxylation is 1. The minimum Gasteiger partial charge on any atom is -0.345 e. The van der Waals surface area contributed by atoms with Gasteiger partial charge in [0.15, 0.2) is 5.69 Å². The van der Waals surface area contributed by atoms with Crippen molar-refractivity contribution in [1.29, 1.82) is 0 Å². The first-order valence-electron chi connectivity index (χ1n) is 9.78. The van der Waals surface area contributed by atoms with Crippen LogP contribution in [0.1, 0.15) is 33.1 Å². The highest BCUT2D eigenvalue weighted by molar-refractivity contribution is 5.95.